The molecule has 0 spiro atoms. The second-order valence-electron chi connectivity index (χ2n) is 20.1. The maximum Gasteiger partial charge on any atom is 0.410 e. The van der Waals surface area contributed by atoms with Crippen LogP contribution in [0.4, 0.5) is 20.1 Å². The van der Waals surface area contributed by atoms with Crippen LogP contribution in [0.25, 0.3) is 0 Å². The minimum atomic E-state index is -1.89. The lowest BCUT2D eigenvalue weighted by Crippen LogP contribution is -2.63. The Labute approximate surface area is 461 Å². The first kappa shape index (κ1) is 62.3. The van der Waals surface area contributed by atoms with E-state index >= 15 is 0 Å². The number of carbonyl (C=O) groups is 7. The summed E-state index contributed by atoms with van der Waals surface area (Å²) in [7, 11) is 8.85. The van der Waals surface area contributed by atoms with E-state index in [1.165, 1.54) is 57.0 Å². The number of esters is 1. The number of aliphatic hydroxyl groups is 1. The van der Waals surface area contributed by atoms with E-state index in [1.807, 2.05) is 25.2 Å². The number of alkyl carbamates (subject to hydrolysis) is 1. The van der Waals surface area contributed by atoms with Crippen LogP contribution in [0.2, 0.25) is 5.02 Å². The van der Waals surface area contributed by atoms with Crippen LogP contribution in [0.3, 0.4) is 0 Å². The number of benzene rings is 1. The van der Waals surface area contributed by atoms with Gasteiger partial charge >= 0.3 is 24.2 Å². The number of hydrogen-bond acceptors (Lipinski definition) is 17. The summed E-state index contributed by atoms with van der Waals surface area (Å²) < 4.78 is 46.3. The maximum atomic E-state index is 14.4. The molecule has 22 nitrogen and oxygen atoms in total. The van der Waals surface area contributed by atoms with Crippen molar-refractivity contribution in [1.82, 2.24) is 25.3 Å². The number of fused-ring (bicyclic) bond motifs is 5. The van der Waals surface area contributed by atoms with Gasteiger partial charge in [0.05, 0.1) is 50.2 Å². The van der Waals surface area contributed by atoms with Gasteiger partial charge in [-0.15, -0.1) is 0 Å². The molecule has 0 aromatic heterocycles. The number of carbonyl (C=O) groups excluding carboxylic acids is 7. The highest BCUT2D eigenvalue weighted by molar-refractivity contribution is 7.81. The molecule has 2 saturated heterocycles. The largest absolute Gasteiger partial charge is 0.495 e. The summed E-state index contributed by atoms with van der Waals surface area (Å²) in [5, 5.41) is 17.2. The number of halogens is 1. The van der Waals surface area contributed by atoms with Crippen molar-refractivity contribution in [2.75, 3.05) is 85.9 Å². The van der Waals surface area contributed by atoms with Crippen LogP contribution in [0.5, 0.6) is 5.75 Å². The molecule has 0 radical (unpaired) electrons. The van der Waals surface area contributed by atoms with Crippen LogP contribution in [0.15, 0.2) is 48.1 Å². The molecule has 24 heteroatoms. The lowest BCUT2D eigenvalue weighted by Gasteiger charge is -2.42. The van der Waals surface area contributed by atoms with Crippen molar-refractivity contribution >= 4 is 71.9 Å². The molecule has 1 aliphatic carbocycles. The van der Waals surface area contributed by atoms with Gasteiger partial charge in [-0.1, -0.05) is 48.4 Å². The number of thiol groups is 1. The number of amides is 6. The fraction of sp³-hybridized carbons (Fsp3) is 0.642. The van der Waals surface area contributed by atoms with Crippen molar-refractivity contribution in [3.05, 3.63) is 58.7 Å². The third kappa shape index (κ3) is 17.0. The van der Waals surface area contributed by atoms with Gasteiger partial charge in [0.25, 0.3) is 0 Å². The molecule has 5 rings (SSSR count). The molecule has 1 aromatic carbocycles. The van der Waals surface area contributed by atoms with E-state index in [-0.39, 0.29) is 55.3 Å². The molecule has 0 saturated carbocycles. The van der Waals surface area contributed by atoms with Crippen LogP contribution in [-0.4, -0.2) is 197 Å². The summed E-state index contributed by atoms with van der Waals surface area (Å²) in [6.45, 7) is 7.47. The first-order valence-corrected chi connectivity index (χ1v) is 26.8. The van der Waals surface area contributed by atoms with Gasteiger partial charge in [0, 0.05) is 67.3 Å². The Morgan fingerprint density at radius 2 is 1.75 bits per heavy atom. The highest BCUT2D eigenvalue weighted by atomic mass is 35.5. The number of likely N-dealkylation sites (N-methyl/N-ethyl adjacent to an activating group) is 3. The zero-order valence-corrected chi connectivity index (χ0v) is 47.4. The van der Waals surface area contributed by atoms with Crippen LogP contribution in [0.1, 0.15) is 78.2 Å². The smallest absolute Gasteiger partial charge is 0.410 e. The van der Waals surface area contributed by atoms with Gasteiger partial charge in [-0.3, -0.25) is 19.7 Å². The van der Waals surface area contributed by atoms with Crippen molar-refractivity contribution < 1.29 is 76.6 Å². The van der Waals surface area contributed by atoms with Gasteiger partial charge in [0.1, 0.15) is 53.4 Å². The van der Waals surface area contributed by atoms with Crippen LogP contribution < -0.4 is 20.3 Å². The highest BCUT2D eigenvalue weighted by Gasteiger charge is 2.64. The van der Waals surface area contributed by atoms with Crippen molar-refractivity contribution in [3.8, 4) is 5.75 Å². The first-order valence-electron chi connectivity index (χ1n) is 25.7. The monoisotopic (exact) mass is 1120 g/mol. The number of nitrogens with zero attached hydrogens (tertiary/aromatic N) is 4. The van der Waals surface area contributed by atoms with E-state index in [0.717, 1.165) is 28.9 Å². The minimum absolute atomic E-state index is 0.0115. The van der Waals surface area contributed by atoms with Crippen molar-refractivity contribution in [1.29, 1.82) is 0 Å². The lowest BCUT2D eigenvalue weighted by molar-refractivity contribution is -0.162. The predicted molar refractivity (Wildman–Crippen MR) is 287 cm³/mol. The summed E-state index contributed by atoms with van der Waals surface area (Å²) in [6.07, 6.45) is 4.76. The average Bonchev–Trinajstić information content (AvgIpc) is 4.19. The number of anilines is 1. The summed E-state index contributed by atoms with van der Waals surface area (Å²) in [6, 6.07) is 2.33. The van der Waals surface area contributed by atoms with E-state index in [0.29, 0.717) is 43.9 Å². The van der Waals surface area contributed by atoms with Gasteiger partial charge < -0.3 is 67.9 Å². The number of rotatable bonds is 17. The lowest BCUT2D eigenvalue weighted by atomic mass is 9.83. The number of epoxide rings is 1. The molecule has 2 fully saturated rings. The number of methoxy groups -OCH3 is 2. The molecule has 2 unspecified atom stereocenters. The van der Waals surface area contributed by atoms with E-state index in [2.05, 4.69) is 23.3 Å². The topological polar surface area (TPSA) is 254 Å². The zero-order valence-electron chi connectivity index (χ0n) is 45.7. The maximum absolute atomic E-state index is 14.4. The fourth-order valence-corrected chi connectivity index (χ4v) is 9.72. The molecule has 3 heterocycles. The minimum Gasteiger partial charge on any atom is -0.495 e. The number of nitrogens with one attached hydrogen (secondary N) is 2. The van der Waals surface area contributed by atoms with Crippen LogP contribution >= 0.6 is 24.2 Å². The Morgan fingerprint density at radius 3 is 2.44 bits per heavy atom. The SMILES string of the molecule is COc1cc2cc(c1Cl)N(C)C(=O)C[C@H](OC(=O)[C@H](C)N(C)C(=O)CCOC(=O)N(C)CCN(C)C(=O)OC1/C=C/CC(OCCNC(=O)CS)CCC1)[C@]1(C)O[C@H]1[C@H](C)[C@@H]1C[C@@](O)(NC(=O)O1)[C@H](OC)/C=C/C=C(\C)C2. The van der Waals surface area contributed by atoms with Crippen molar-refractivity contribution in [3.63, 3.8) is 0 Å². The van der Waals surface area contributed by atoms with E-state index < -0.39 is 96.3 Å². The number of allylic oxidation sites excluding steroid dienone is 3. The Hall–Kier alpha value is -5.59. The molecule has 3 N–H and O–H groups in total. The Morgan fingerprint density at radius 1 is 1.04 bits per heavy atom. The van der Waals surface area contributed by atoms with Crippen molar-refractivity contribution in [2.45, 2.75) is 133 Å². The number of hydrogen-bond donors (Lipinski definition) is 4. The Bertz CT molecular complexity index is 2380. The molecular weight excluding hydrogens is 1040 g/mol. The third-order valence-electron chi connectivity index (χ3n) is 14.4. The highest BCUT2D eigenvalue weighted by Crippen LogP contribution is 2.49. The zero-order chi connectivity index (χ0) is 56.8. The number of ether oxygens (including phenoxy) is 8. The second-order valence-corrected chi connectivity index (χ2v) is 20.8. The third-order valence-corrected chi connectivity index (χ3v) is 15.1. The summed E-state index contributed by atoms with van der Waals surface area (Å²) in [4.78, 5) is 97.2. The Balaban J connectivity index is 1.18. The predicted octanol–water partition coefficient (Wildman–Crippen LogP) is 4.97. The molecule has 428 valence electrons. The van der Waals surface area contributed by atoms with Gasteiger partial charge in [0.15, 0.2) is 5.72 Å². The Kier molecular flexibility index (Phi) is 22.9. The normalized spacial score (nSPS) is 28.5. The first-order chi connectivity index (χ1) is 36.4. The average molecular weight is 1120 g/mol. The molecular formula is C53H77ClN6O16S. The molecule has 77 heavy (non-hydrogen) atoms. The molecule has 3 aliphatic heterocycles. The molecule has 4 bridgehead atoms. The summed E-state index contributed by atoms with van der Waals surface area (Å²) >= 11 is 10.8. The van der Waals surface area contributed by atoms with Gasteiger partial charge in [0.2, 0.25) is 17.7 Å². The van der Waals surface area contributed by atoms with E-state index in [4.69, 9.17) is 49.5 Å². The van der Waals surface area contributed by atoms with E-state index in [9.17, 15) is 38.7 Å². The molecule has 1 aromatic rings. The fourth-order valence-electron chi connectivity index (χ4n) is 9.30. The van der Waals surface area contributed by atoms with Gasteiger partial charge in [-0.05, 0) is 76.6 Å². The molecule has 6 amide bonds. The molecule has 4 aliphatic rings. The van der Waals surface area contributed by atoms with Crippen molar-refractivity contribution in [2.24, 2.45) is 5.92 Å². The quantitative estimate of drug-likeness (QED) is 0.0401. The van der Waals surface area contributed by atoms with Crippen LogP contribution in [-0.2, 0) is 58.8 Å². The standard InChI is InChI=1S/C53H77ClN6O16S/c1-32-14-11-19-41(70-10)53(68)30-40(74-49(65)56-53)33(2)47-52(4,76-47)42(29-45(63)60(8)38-27-35(26-32)28-39(69-9)46(38)54)75-48(64)34(3)59(7)44(62)20-24-72-50(66)57(5)22-23-58(6)51(67)73-37-17-12-15-36(16-13-18-37)71-25-21-55-43(61)31-77/h11-12,14,17,19,27-28,33-34,36-37,40-42,47,68,77H,13,15-16,18,20-26,29-31H2,1-10H3,(H,55,61)(H,56,65)/b17-12+,19-11+,32-14+/t33-,34+,36?,37?,40+,41-,42+,47+,52+,53+/m1/s1. The van der Waals surface area contributed by atoms with E-state index in [1.54, 1.807) is 45.2 Å². The second kappa shape index (κ2) is 28.3. The summed E-state index contributed by atoms with van der Waals surface area (Å²) in [5.74, 6) is -2.25. The summed E-state index contributed by atoms with van der Waals surface area (Å²) in [5.41, 5.74) is -1.23. The van der Waals surface area contributed by atoms with Crippen LogP contribution in [0, 0.1) is 5.92 Å². The van der Waals surface area contributed by atoms with Gasteiger partial charge in [-0.2, -0.15) is 12.6 Å². The molecule has 10 atom stereocenters. The van der Waals surface area contributed by atoms with Gasteiger partial charge in [-0.25, -0.2) is 19.2 Å².